The lowest BCUT2D eigenvalue weighted by molar-refractivity contribution is 0.597. The van der Waals surface area contributed by atoms with Gasteiger partial charge in [-0.15, -0.1) is 0 Å². The Morgan fingerprint density at radius 3 is 2.81 bits per heavy atom. The third-order valence-corrected chi connectivity index (χ3v) is 2.91. The second-order valence-corrected chi connectivity index (χ2v) is 5.01. The Morgan fingerprint density at radius 2 is 2.19 bits per heavy atom. The fourth-order valence-electron chi connectivity index (χ4n) is 1.52. The van der Waals surface area contributed by atoms with Crippen molar-refractivity contribution in [3.63, 3.8) is 0 Å². The van der Waals surface area contributed by atoms with Crippen LogP contribution in [0.3, 0.4) is 0 Å². The van der Waals surface area contributed by atoms with E-state index in [2.05, 4.69) is 45.0 Å². The molecular weight excluding hydrogens is 288 g/mol. The van der Waals surface area contributed by atoms with Gasteiger partial charge in [-0.05, 0) is 48.1 Å². The molecule has 0 bridgehead atoms. The van der Waals surface area contributed by atoms with Crippen LogP contribution in [0.15, 0.2) is 22.9 Å². The van der Waals surface area contributed by atoms with Gasteiger partial charge in [0.05, 0.1) is 0 Å². The highest BCUT2D eigenvalue weighted by Gasteiger charge is 2.11. The summed E-state index contributed by atoms with van der Waals surface area (Å²) in [5.74, 6) is 0.814. The Morgan fingerprint density at radius 1 is 1.44 bits per heavy atom. The van der Waals surface area contributed by atoms with Crippen molar-refractivity contribution < 1.29 is 0 Å². The molecule has 0 radical (unpaired) electrons. The monoisotopic (exact) mass is 298 g/mol. The van der Waals surface area contributed by atoms with Gasteiger partial charge in [0.2, 0.25) is 0 Å². The van der Waals surface area contributed by atoms with E-state index in [0.29, 0.717) is 4.77 Å². The van der Waals surface area contributed by atoms with Gasteiger partial charge in [-0.1, -0.05) is 0 Å². The molecule has 0 saturated heterocycles. The standard InChI is InChI=1S/C10H11BrN4S/c1-6(2)15-9(13-14-10(15)16)7-3-8(11)5-12-4-7/h3-6H,1-2H3,(H,14,16). The molecule has 0 unspecified atom stereocenters. The first-order valence-corrected chi connectivity index (χ1v) is 6.07. The van der Waals surface area contributed by atoms with Crippen molar-refractivity contribution in [1.29, 1.82) is 0 Å². The quantitative estimate of drug-likeness (QED) is 0.865. The molecule has 2 aromatic heterocycles. The van der Waals surface area contributed by atoms with E-state index in [9.17, 15) is 0 Å². The van der Waals surface area contributed by atoms with Crippen LogP contribution in [-0.2, 0) is 0 Å². The average Bonchev–Trinajstić information content (AvgIpc) is 2.60. The summed E-state index contributed by atoms with van der Waals surface area (Å²) in [6, 6.07) is 2.23. The molecule has 0 aromatic carbocycles. The zero-order chi connectivity index (χ0) is 11.7. The number of hydrogen-bond donors (Lipinski definition) is 1. The van der Waals surface area contributed by atoms with Crippen molar-refractivity contribution in [2.75, 3.05) is 0 Å². The van der Waals surface area contributed by atoms with E-state index in [1.807, 2.05) is 10.6 Å². The van der Waals surface area contributed by atoms with Gasteiger partial charge in [0.25, 0.3) is 0 Å². The first-order chi connectivity index (χ1) is 7.59. The maximum atomic E-state index is 5.19. The minimum absolute atomic E-state index is 0.264. The third-order valence-electron chi connectivity index (χ3n) is 2.18. The third kappa shape index (κ3) is 2.08. The number of hydrogen-bond acceptors (Lipinski definition) is 3. The van der Waals surface area contributed by atoms with Crippen LogP contribution in [0.5, 0.6) is 0 Å². The normalized spacial score (nSPS) is 11.0. The lowest BCUT2D eigenvalue weighted by Crippen LogP contribution is -2.03. The molecule has 16 heavy (non-hydrogen) atoms. The first-order valence-electron chi connectivity index (χ1n) is 4.87. The van der Waals surface area contributed by atoms with Crippen molar-refractivity contribution >= 4 is 28.1 Å². The van der Waals surface area contributed by atoms with Gasteiger partial charge in [-0.2, -0.15) is 5.10 Å². The summed E-state index contributed by atoms with van der Waals surface area (Å²) in [6.07, 6.45) is 3.51. The molecule has 0 aliphatic heterocycles. The Bertz CT molecular complexity index is 558. The molecule has 2 rings (SSSR count). The fourth-order valence-corrected chi connectivity index (χ4v) is 2.23. The molecule has 0 saturated carbocycles. The molecule has 4 nitrogen and oxygen atoms in total. The summed E-state index contributed by atoms with van der Waals surface area (Å²) in [4.78, 5) is 4.12. The summed E-state index contributed by atoms with van der Waals surface area (Å²) < 4.78 is 3.53. The van der Waals surface area contributed by atoms with Crippen LogP contribution in [0.25, 0.3) is 11.4 Å². The number of nitrogens with zero attached hydrogens (tertiary/aromatic N) is 3. The Balaban J connectivity index is 2.61. The lowest BCUT2D eigenvalue weighted by atomic mass is 10.2. The second kappa shape index (κ2) is 4.47. The van der Waals surface area contributed by atoms with Crippen molar-refractivity contribution in [3.05, 3.63) is 27.7 Å². The van der Waals surface area contributed by atoms with Crippen LogP contribution in [0, 0.1) is 4.77 Å². The van der Waals surface area contributed by atoms with Crippen LogP contribution in [0.1, 0.15) is 19.9 Å². The van der Waals surface area contributed by atoms with E-state index in [-0.39, 0.29) is 6.04 Å². The van der Waals surface area contributed by atoms with Crippen LogP contribution in [0.4, 0.5) is 0 Å². The molecule has 0 fully saturated rings. The van der Waals surface area contributed by atoms with Gasteiger partial charge < -0.3 is 0 Å². The highest BCUT2D eigenvalue weighted by molar-refractivity contribution is 9.10. The van der Waals surface area contributed by atoms with Gasteiger partial charge in [0, 0.05) is 28.5 Å². The molecule has 0 amide bonds. The number of pyridine rings is 1. The van der Waals surface area contributed by atoms with Gasteiger partial charge in [0.15, 0.2) is 10.6 Å². The van der Waals surface area contributed by atoms with Crippen LogP contribution >= 0.6 is 28.1 Å². The smallest absolute Gasteiger partial charge is 0.195 e. The molecule has 0 spiro atoms. The number of nitrogens with one attached hydrogen (secondary N) is 1. The lowest BCUT2D eigenvalue weighted by Gasteiger charge is -2.09. The summed E-state index contributed by atoms with van der Waals surface area (Å²) in [6.45, 7) is 4.14. The zero-order valence-electron chi connectivity index (χ0n) is 8.94. The molecular formula is C10H11BrN4S. The van der Waals surface area contributed by atoms with E-state index >= 15 is 0 Å². The average molecular weight is 299 g/mol. The maximum Gasteiger partial charge on any atom is 0.195 e. The number of aromatic amines is 1. The molecule has 2 heterocycles. The first kappa shape index (κ1) is 11.5. The van der Waals surface area contributed by atoms with Gasteiger partial charge in [-0.25, -0.2) is 0 Å². The van der Waals surface area contributed by atoms with Crippen LogP contribution in [0.2, 0.25) is 0 Å². The second-order valence-electron chi connectivity index (χ2n) is 3.71. The Labute approximate surface area is 107 Å². The summed E-state index contributed by atoms with van der Waals surface area (Å²) in [7, 11) is 0. The SMILES string of the molecule is CC(C)n1c(-c2cncc(Br)c2)n[nH]c1=S. The number of aromatic nitrogens is 4. The predicted octanol–water partition coefficient (Wildman–Crippen LogP) is 3.35. The van der Waals surface area contributed by atoms with Crippen molar-refractivity contribution in [3.8, 4) is 11.4 Å². The minimum Gasteiger partial charge on any atom is -0.298 e. The molecule has 0 atom stereocenters. The van der Waals surface area contributed by atoms with Crippen molar-refractivity contribution in [2.45, 2.75) is 19.9 Å². The van der Waals surface area contributed by atoms with E-state index in [4.69, 9.17) is 12.2 Å². The summed E-state index contributed by atoms with van der Waals surface area (Å²) in [5, 5.41) is 7.04. The molecule has 1 N–H and O–H groups in total. The van der Waals surface area contributed by atoms with Crippen LogP contribution < -0.4 is 0 Å². The van der Waals surface area contributed by atoms with Gasteiger partial charge >= 0.3 is 0 Å². The maximum absolute atomic E-state index is 5.19. The van der Waals surface area contributed by atoms with E-state index in [1.165, 1.54) is 0 Å². The Kier molecular flexibility index (Phi) is 3.20. The Hall–Kier alpha value is -1.01. The summed E-state index contributed by atoms with van der Waals surface area (Å²) in [5.41, 5.74) is 0.940. The van der Waals surface area contributed by atoms with Crippen molar-refractivity contribution in [2.24, 2.45) is 0 Å². The molecule has 0 aliphatic carbocycles. The minimum atomic E-state index is 0.264. The summed E-state index contributed by atoms with van der Waals surface area (Å²) >= 11 is 8.59. The topological polar surface area (TPSA) is 46.5 Å². The van der Waals surface area contributed by atoms with E-state index in [0.717, 1.165) is 15.9 Å². The van der Waals surface area contributed by atoms with Crippen molar-refractivity contribution in [1.82, 2.24) is 19.7 Å². The zero-order valence-corrected chi connectivity index (χ0v) is 11.3. The molecule has 0 aliphatic rings. The number of H-pyrrole nitrogens is 1. The number of halogens is 1. The predicted molar refractivity (Wildman–Crippen MR) is 68.7 cm³/mol. The molecule has 6 heteroatoms. The fraction of sp³-hybridized carbons (Fsp3) is 0.300. The van der Waals surface area contributed by atoms with E-state index < -0.39 is 0 Å². The molecule has 84 valence electrons. The van der Waals surface area contributed by atoms with Crippen LogP contribution in [-0.4, -0.2) is 19.7 Å². The molecule has 2 aromatic rings. The van der Waals surface area contributed by atoms with Gasteiger partial charge in [-0.3, -0.25) is 14.6 Å². The highest BCUT2D eigenvalue weighted by Crippen LogP contribution is 2.22. The largest absolute Gasteiger partial charge is 0.298 e. The highest BCUT2D eigenvalue weighted by atomic mass is 79.9. The number of rotatable bonds is 2. The van der Waals surface area contributed by atoms with Gasteiger partial charge in [0.1, 0.15) is 0 Å². The van der Waals surface area contributed by atoms with E-state index in [1.54, 1.807) is 12.4 Å².